The Morgan fingerprint density at radius 1 is 1.47 bits per heavy atom. The van der Waals surface area contributed by atoms with Gasteiger partial charge in [-0.1, -0.05) is 6.07 Å². The number of hydrogen-bond donors (Lipinski definition) is 2. The van der Waals surface area contributed by atoms with Crippen molar-refractivity contribution in [1.29, 1.82) is 0 Å². The fraction of sp³-hybridized carbons (Fsp3) is 0.0909. The van der Waals surface area contributed by atoms with E-state index in [1.165, 1.54) is 22.9 Å². The highest BCUT2D eigenvalue weighted by Gasteiger charge is 2.13. The number of amides is 1. The SMILES string of the molecule is Cn1nccc1NC(=O)c1cccc(F)c1N. The molecule has 88 valence electrons. The van der Waals surface area contributed by atoms with E-state index >= 15 is 0 Å². The summed E-state index contributed by atoms with van der Waals surface area (Å²) in [6, 6.07) is 5.73. The molecule has 0 spiro atoms. The van der Waals surface area contributed by atoms with Gasteiger partial charge in [0.2, 0.25) is 0 Å². The lowest BCUT2D eigenvalue weighted by atomic mass is 10.1. The van der Waals surface area contributed by atoms with Gasteiger partial charge in [0, 0.05) is 13.1 Å². The van der Waals surface area contributed by atoms with Gasteiger partial charge in [-0.3, -0.25) is 9.48 Å². The van der Waals surface area contributed by atoms with Gasteiger partial charge in [-0.2, -0.15) is 5.10 Å². The molecular weight excluding hydrogens is 223 g/mol. The Balaban J connectivity index is 2.27. The summed E-state index contributed by atoms with van der Waals surface area (Å²) in [5.74, 6) is -0.563. The number of halogens is 1. The Hall–Kier alpha value is -2.37. The maximum absolute atomic E-state index is 13.2. The number of para-hydroxylation sites is 1. The van der Waals surface area contributed by atoms with Crippen LogP contribution in [0.15, 0.2) is 30.5 Å². The molecule has 0 saturated carbocycles. The molecule has 0 fully saturated rings. The van der Waals surface area contributed by atoms with Gasteiger partial charge in [-0.05, 0) is 12.1 Å². The van der Waals surface area contributed by atoms with Gasteiger partial charge in [0.25, 0.3) is 5.91 Å². The lowest BCUT2D eigenvalue weighted by Crippen LogP contribution is -2.16. The summed E-state index contributed by atoms with van der Waals surface area (Å²) in [6.07, 6.45) is 1.55. The van der Waals surface area contributed by atoms with Crippen LogP contribution in [0.2, 0.25) is 0 Å². The van der Waals surface area contributed by atoms with Crippen molar-refractivity contribution in [3.8, 4) is 0 Å². The number of aryl methyl sites for hydroxylation is 1. The second kappa shape index (κ2) is 4.25. The van der Waals surface area contributed by atoms with E-state index in [9.17, 15) is 9.18 Å². The lowest BCUT2D eigenvalue weighted by Gasteiger charge is -2.07. The largest absolute Gasteiger partial charge is 0.396 e. The van der Waals surface area contributed by atoms with E-state index in [-0.39, 0.29) is 11.3 Å². The second-order valence-electron chi connectivity index (χ2n) is 3.50. The fourth-order valence-electron chi connectivity index (χ4n) is 1.42. The Bertz CT molecular complexity index is 564. The third-order valence-corrected chi connectivity index (χ3v) is 2.36. The minimum absolute atomic E-state index is 0.103. The van der Waals surface area contributed by atoms with Crippen LogP contribution in [0.1, 0.15) is 10.4 Å². The molecule has 2 rings (SSSR count). The van der Waals surface area contributed by atoms with Crippen molar-refractivity contribution in [2.24, 2.45) is 7.05 Å². The molecule has 0 unspecified atom stereocenters. The van der Waals surface area contributed by atoms with E-state index in [4.69, 9.17) is 5.73 Å². The van der Waals surface area contributed by atoms with Crippen LogP contribution in [0.5, 0.6) is 0 Å². The molecule has 3 N–H and O–H groups in total. The van der Waals surface area contributed by atoms with Crippen molar-refractivity contribution in [2.45, 2.75) is 0 Å². The number of nitrogen functional groups attached to an aromatic ring is 1. The predicted molar refractivity (Wildman–Crippen MR) is 62.0 cm³/mol. The molecule has 1 aromatic carbocycles. The summed E-state index contributed by atoms with van der Waals surface area (Å²) >= 11 is 0. The van der Waals surface area contributed by atoms with Crippen molar-refractivity contribution in [1.82, 2.24) is 9.78 Å². The number of benzene rings is 1. The van der Waals surface area contributed by atoms with Crippen LogP contribution in [0.3, 0.4) is 0 Å². The standard InChI is InChI=1S/C11H11FN4O/c1-16-9(5-6-14-16)15-11(17)7-3-2-4-8(12)10(7)13/h2-6H,13H2,1H3,(H,15,17). The zero-order chi connectivity index (χ0) is 12.4. The van der Waals surface area contributed by atoms with Crippen LogP contribution in [0, 0.1) is 5.82 Å². The quantitative estimate of drug-likeness (QED) is 0.771. The molecular formula is C11H11FN4O. The number of anilines is 2. The Kier molecular flexibility index (Phi) is 2.78. The van der Waals surface area contributed by atoms with Crippen LogP contribution < -0.4 is 11.1 Å². The van der Waals surface area contributed by atoms with E-state index in [1.54, 1.807) is 19.3 Å². The van der Waals surface area contributed by atoms with Gasteiger partial charge in [-0.25, -0.2) is 4.39 Å². The first-order valence-electron chi connectivity index (χ1n) is 4.93. The first-order valence-corrected chi connectivity index (χ1v) is 4.93. The van der Waals surface area contributed by atoms with Gasteiger partial charge in [0.15, 0.2) is 0 Å². The molecule has 0 radical (unpaired) electrons. The summed E-state index contributed by atoms with van der Waals surface area (Å²) in [7, 11) is 1.69. The van der Waals surface area contributed by atoms with Gasteiger partial charge >= 0.3 is 0 Å². The van der Waals surface area contributed by atoms with Crippen LogP contribution in [-0.2, 0) is 7.05 Å². The topological polar surface area (TPSA) is 72.9 Å². The summed E-state index contributed by atoms with van der Waals surface area (Å²) in [5.41, 5.74) is 5.44. The molecule has 6 heteroatoms. The van der Waals surface area contributed by atoms with Gasteiger partial charge in [0.05, 0.1) is 17.4 Å². The minimum atomic E-state index is -0.609. The number of carbonyl (C=O) groups excluding carboxylic acids is 1. The summed E-state index contributed by atoms with van der Waals surface area (Å²) in [6.45, 7) is 0. The summed E-state index contributed by atoms with van der Waals surface area (Å²) in [5, 5.41) is 6.49. The van der Waals surface area contributed by atoms with Gasteiger partial charge in [0.1, 0.15) is 11.6 Å². The molecule has 0 saturated heterocycles. The number of nitrogens with two attached hydrogens (primary N) is 1. The predicted octanol–water partition coefficient (Wildman–Crippen LogP) is 1.39. The number of hydrogen-bond acceptors (Lipinski definition) is 3. The highest BCUT2D eigenvalue weighted by atomic mass is 19.1. The third-order valence-electron chi connectivity index (χ3n) is 2.36. The maximum Gasteiger partial charge on any atom is 0.259 e. The van der Waals surface area contributed by atoms with E-state index in [2.05, 4.69) is 10.4 Å². The Morgan fingerprint density at radius 2 is 2.24 bits per heavy atom. The number of nitrogens with zero attached hydrogens (tertiary/aromatic N) is 2. The molecule has 0 atom stereocenters. The first-order chi connectivity index (χ1) is 8.09. The minimum Gasteiger partial charge on any atom is -0.396 e. The zero-order valence-electron chi connectivity index (χ0n) is 9.14. The summed E-state index contributed by atoms with van der Waals surface area (Å²) in [4.78, 5) is 11.8. The average Bonchev–Trinajstić information content (AvgIpc) is 2.68. The normalized spacial score (nSPS) is 10.2. The molecule has 5 nitrogen and oxygen atoms in total. The lowest BCUT2D eigenvalue weighted by molar-refractivity contribution is 0.102. The van der Waals surface area contributed by atoms with Crippen molar-refractivity contribution < 1.29 is 9.18 Å². The number of carbonyl (C=O) groups is 1. The molecule has 1 amide bonds. The van der Waals surface area contributed by atoms with Crippen molar-refractivity contribution >= 4 is 17.4 Å². The first kappa shape index (κ1) is 11.1. The van der Waals surface area contributed by atoms with E-state index < -0.39 is 11.7 Å². The molecule has 0 bridgehead atoms. The Morgan fingerprint density at radius 3 is 2.88 bits per heavy atom. The second-order valence-corrected chi connectivity index (χ2v) is 3.50. The van der Waals surface area contributed by atoms with Crippen LogP contribution in [0.4, 0.5) is 15.9 Å². The van der Waals surface area contributed by atoms with Crippen molar-refractivity contribution in [2.75, 3.05) is 11.1 Å². The van der Waals surface area contributed by atoms with Crippen LogP contribution >= 0.6 is 0 Å². The van der Waals surface area contributed by atoms with Crippen molar-refractivity contribution in [3.63, 3.8) is 0 Å². The monoisotopic (exact) mass is 234 g/mol. The van der Waals surface area contributed by atoms with Crippen LogP contribution in [0.25, 0.3) is 0 Å². The molecule has 1 heterocycles. The van der Waals surface area contributed by atoms with E-state index in [0.29, 0.717) is 5.82 Å². The average molecular weight is 234 g/mol. The fourth-order valence-corrected chi connectivity index (χ4v) is 1.42. The van der Waals surface area contributed by atoms with Crippen molar-refractivity contribution in [3.05, 3.63) is 41.8 Å². The van der Waals surface area contributed by atoms with Gasteiger partial charge in [-0.15, -0.1) is 0 Å². The molecule has 0 aliphatic heterocycles. The molecule has 1 aromatic heterocycles. The van der Waals surface area contributed by atoms with E-state index in [1.807, 2.05) is 0 Å². The molecule has 0 aliphatic rings. The van der Waals surface area contributed by atoms with Gasteiger partial charge < -0.3 is 11.1 Å². The number of rotatable bonds is 2. The summed E-state index contributed by atoms with van der Waals surface area (Å²) < 4.78 is 14.7. The Labute approximate surface area is 97.0 Å². The number of aromatic nitrogens is 2. The van der Waals surface area contributed by atoms with Crippen LogP contribution in [-0.4, -0.2) is 15.7 Å². The van der Waals surface area contributed by atoms with E-state index in [0.717, 1.165) is 0 Å². The highest BCUT2D eigenvalue weighted by Crippen LogP contribution is 2.17. The smallest absolute Gasteiger partial charge is 0.259 e. The molecule has 17 heavy (non-hydrogen) atoms. The molecule has 2 aromatic rings. The third kappa shape index (κ3) is 2.10. The molecule has 0 aliphatic carbocycles. The highest BCUT2D eigenvalue weighted by molar-refractivity contribution is 6.07. The zero-order valence-corrected chi connectivity index (χ0v) is 9.14. The maximum atomic E-state index is 13.2. The number of nitrogens with one attached hydrogen (secondary N) is 1.